The zero-order valence-electron chi connectivity index (χ0n) is 14.2. The van der Waals surface area contributed by atoms with Gasteiger partial charge in [0.05, 0.1) is 18.2 Å². The van der Waals surface area contributed by atoms with Crippen LogP contribution in [-0.2, 0) is 0 Å². The van der Waals surface area contributed by atoms with Crippen LogP contribution in [0.15, 0.2) is 78.9 Å². The maximum atomic E-state index is 12.9. The summed E-state index contributed by atoms with van der Waals surface area (Å²) in [5.41, 5.74) is 1.52. The molecular weight excluding hydrogens is 326 g/mol. The molecule has 1 amide bonds. The summed E-state index contributed by atoms with van der Waals surface area (Å²) in [5.74, 6) is 1.91. The molecule has 3 aromatic rings. The summed E-state index contributed by atoms with van der Waals surface area (Å²) in [6.07, 6.45) is 0.741. The Kier molecular flexibility index (Phi) is 4.56. The summed E-state index contributed by atoms with van der Waals surface area (Å²) in [6.45, 7) is 0.587. The fraction of sp³-hybridized carbons (Fsp3) is 0.136. The third-order valence-corrected chi connectivity index (χ3v) is 4.37. The maximum Gasteiger partial charge on any atom is 0.255 e. The van der Waals surface area contributed by atoms with E-state index in [9.17, 15) is 4.79 Å². The van der Waals surface area contributed by atoms with E-state index in [0.717, 1.165) is 17.7 Å². The van der Waals surface area contributed by atoms with Gasteiger partial charge in [0.1, 0.15) is 17.2 Å². The van der Waals surface area contributed by atoms with E-state index in [-0.39, 0.29) is 11.9 Å². The van der Waals surface area contributed by atoms with Crippen molar-refractivity contribution in [1.29, 1.82) is 0 Å². The first-order valence-electron chi connectivity index (χ1n) is 8.66. The lowest BCUT2D eigenvalue weighted by Gasteiger charge is -2.26. The Morgan fingerprint density at radius 3 is 2.54 bits per heavy atom. The Labute approximate surface area is 152 Å². The van der Waals surface area contributed by atoms with Gasteiger partial charge in [-0.2, -0.15) is 0 Å². The molecule has 1 heterocycles. The topological polar surface area (TPSA) is 47.6 Å². The van der Waals surface area contributed by atoms with Crippen LogP contribution in [0.5, 0.6) is 17.2 Å². The number of fused-ring (bicyclic) bond motifs is 1. The number of rotatable bonds is 4. The Hall–Kier alpha value is -3.27. The second-order valence-corrected chi connectivity index (χ2v) is 6.11. The van der Waals surface area contributed by atoms with Crippen LogP contribution in [0, 0.1) is 0 Å². The molecule has 1 aliphatic rings. The van der Waals surface area contributed by atoms with Crippen molar-refractivity contribution in [2.45, 2.75) is 12.5 Å². The van der Waals surface area contributed by atoms with Crippen LogP contribution in [0.1, 0.15) is 28.4 Å². The van der Waals surface area contributed by atoms with Gasteiger partial charge in [-0.3, -0.25) is 4.79 Å². The highest BCUT2D eigenvalue weighted by atomic mass is 16.5. The highest BCUT2D eigenvalue weighted by Crippen LogP contribution is 2.32. The van der Waals surface area contributed by atoms with Crippen molar-refractivity contribution in [3.8, 4) is 17.2 Å². The van der Waals surface area contributed by atoms with Crippen LogP contribution >= 0.6 is 0 Å². The molecule has 1 N–H and O–H groups in total. The van der Waals surface area contributed by atoms with E-state index >= 15 is 0 Å². The summed E-state index contributed by atoms with van der Waals surface area (Å²) in [6, 6.07) is 24.5. The van der Waals surface area contributed by atoms with Crippen molar-refractivity contribution in [1.82, 2.24) is 5.32 Å². The fourth-order valence-corrected chi connectivity index (χ4v) is 3.09. The normalized spacial score (nSPS) is 15.5. The molecule has 0 radical (unpaired) electrons. The van der Waals surface area contributed by atoms with Gasteiger partial charge in [0.15, 0.2) is 0 Å². The first-order valence-corrected chi connectivity index (χ1v) is 8.66. The molecule has 0 saturated heterocycles. The Bertz CT molecular complexity index is 908. The second-order valence-electron chi connectivity index (χ2n) is 6.11. The van der Waals surface area contributed by atoms with Gasteiger partial charge >= 0.3 is 0 Å². The van der Waals surface area contributed by atoms with Crippen molar-refractivity contribution in [3.63, 3.8) is 0 Å². The molecule has 1 aliphatic heterocycles. The van der Waals surface area contributed by atoms with Crippen LogP contribution < -0.4 is 14.8 Å². The van der Waals surface area contributed by atoms with Crippen LogP contribution in [-0.4, -0.2) is 12.5 Å². The fourth-order valence-electron chi connectivity index (χ4n) is 3.09. The quantitative estimate of drug-likeness (QED) is 0.743. The number of ether oxygens (including phenoxy) is 2. The summed E-state index contributed by atoms with van der Waals surface area (Å²) in [5, 5.41) is 3.12. The number of hydrogen-bond acceptors (Lipinski definition) is 3. The Morgan fingerprint density at radius 1 is 0.923 bits per heavy atom. The van der Waals surface area contributed by atoms with Crippen LogP contribution in [0.4, 0.5) is 0 Å². The number of amides is 1. The number of carbonyl (C=O) groups excluding carboxylic acids is 1. The first-order chi connectivity index (χ1) is 12.8. The van der Waals surface area contributed by atoms with Crippen LogP contribution in [0.3, 0.4) is 0 Å². The molecule has 4 heteroatoms. The van der Waals surface area contributed by atoms with E-state index in [2.05, 4.69) is 5.32 Å². The Balaban J connectivity index is 1.56. The SMILES string of the molecule is O=C(N[C@H]1CCOc2ccccc21)c1ccccc1Oc1ccccc1. The van der Waals surface area contributed by atoms with Gasteiger partial charge in [-0.25, -0.2) is 0 Å². The van der Waals surface area contributed by atoms with E-state index in [4.69, 9.17) is 9.47 Å². The summed E-state index contributed by atoms with van der Waals surface area (Å²) >= 11 is 0. The molecule has 0 fully saturated rings. The summed E-state index contributed by atoms with van der Waals surface area (Å²) in [4.78, 5) is 12.9. The lowest BCUT2D eigenvalue weighted by Crippen LogP contribution is -2.32. The molecular formula is C22H19NO3. The minimum absolute atomic E-state index is 0.0720. The molecule has 0 spiro atoms. The smallest absolute Gasteiger partial charge is 0.255 e. The van der Waals surface area contributed by atoms with Gasteiger partial charge in [-0.05, 0) is 30.3 Å². The van der Waals surface area contributed by atoms with Crippen molar-refractivity contribution in [2.75, 3.05) is 6.61 Å². The molecule has 0 unspecified atom stereocenters. The highest BCUT2D eigenvalue weighted by Gasteiger charge is 2.24. The molecule has 3 aromatic carbocycles. The number of hydrogen-bond donors (Lipinski definition) is 1. The van der Waals surface area contributed by atoms with Crippen molar-refractivity contribution in [2.24, 2.45) is 0 Å². The van der Waals surface area contributed by atoms with Gasteiger partial charge in [-0.15, -0.1) is 0 Å². The minimum Gasteiger partial charge on any atom is -0.493 e. The lowest BCUT2D eigenvalue weighted by atomic mass is 10.00. The van der Waals surface area contributed by atoms with E-state index in [1.54, 1.807) is 12.1 Å². The molecule has 0 aliphatic carbocycles. The predicted octanol–water partition coefficient (Wildman–Crippen LogP) is 4.73. The van der Waals surface area contributed by atoms with E-state index in [1.807, 2.05) is 66.7 Å². The van der Waals surface area contributed by atoms with Crippen molar-refractivity contribution in [3.05, 3.63) is 90.0 Å². The molecule has 4 rings (SSSR count). The van der Waals surface area contributed by atoms with Crippen molar-refractivity contribution < 1.29 is 14.3 Å². The van der Waals surface area contributed by atoms with Gasteiger partial charge in [0, 0.05) is 12.0 Å². The molecule has 4 nitrogen and oxygen atoms in total. The predicted molar refractivity (Wildman–Crippen MR) is 99.7 cm³/mol. The number of para-hydroxylation sites is 3. The van der Waals surface area contributed by atoms with E-state index < -0.39 is 0 Å². The average Bonchev–Trinajstić information content (AvgIpc) is 2.69. The monoisotopic (exact) mass is 345 g/mol. The molecule has 26 heavy (non-hydrogen) atoms. The molecule has 0 bridgehead atoms. The summed E-state index contributed by atoms with van der Waals surface area (Å²) in [7, 11) is 0. The standard InChI is InChI=1S/C22H19NO3/c24-22(23-19-14-15-25-20-12-6-4-10-17(19)20)18-11-5-7-13-21(18)26-16-8-2-1-3-9-16/h1-13,19H,14-15H2,(H,23,24)/t19-/m0/s1. The van der Waals surface area contributed by atoms with Crippen LogP contribution in [0.25, 0.3) is 0 Å². The second kappa shape index (κ2) is 7.31. The molecule has 0 aromatic heterocycles. The van der Waals surface area contributed by atoms with E-state index in [0.29, 0.717) is 23.7 Å². The number of carbonyl (C=O) groups is 1. The van der Waals surface area contributed by atoms with Gasteiger partial charge in [-0.1, -0.05) is 48.5 Å². The van der Waals surface area contributed by atoms with Crippen molar-refractivity contribution >= 4 is 5.91 Å². The average molecular weight is 345 g/mol. The molecule has 1 atom stereocenters. The maximum absolute atomic E-state index is 12.9. The van der Waals surface area contributed by atoms with Gasteiger partial charge in [0.2, 0.25) is 0 Å². The number of nitrogens with one attached hydrogen (secondary N) is 1. The molecule has 0 saturated carbocycles. The third-order valence-electron chi connectivity index (χ3n) is 4.37. The number of benzene rings is 3. The van der Waals surface area contributed by atoms with Gasteiger partial charge in [0.25, 0.3) is 5.91 Å². The largest absolute Gasteiger partial charge is 0.493 e. The van der Waals surface area contributed by atoms with Gasteiger partial charge < -0.3 is 14.8 Å². The highest BCUT2D eigenvalue weighted by molar-refractivity contribution is 5.97. The third kappa shape index (κ3) is 3.40. The lowest BCUT2D eigenvalue weighted by molar-refractivity contribution is 0.0922. The molecule has 130 valence electrons. The zero-order chi connectivity index (χ0) is 17.8. The van der Waals surface area contributed by atoms with E-state index in [1.165, 1.54) is 0 Å². The zero-order valence-corrected chi connectivity index (χ0v) is 14.2. The first kappa shape index (κ1) is 16.2. The summed E-state index contributed by atoms with van der Waals surface area (Å²) < 4.78 is 11.6. The Morgan fingerprint density at radius 2 is 1.65 bits per heavy atom. The van der Waals surface area contributed by atoms with Crippen LogP contribution in [0.2, 0.25) is 0 Å². The minimum atomic E-state index is -0.154.